The van der Waals surface area contributed by atoms with Crippen LogP contribution in [-0.4, -0.2) is 29.9 Å². The van der Waals surface area contributed by atoms with E-state index in [9.17, 15) is 4.79 Å². The topological polar surface area (TPSA) is 32.3 Å². The normalized spacial score (nSPS) is 17.2. The van der Waals surface area contributed by atoms with Gasteiger partial charge >= 0.3 is 0 Å². The maximum atomic E-state index is 11.5. The van der Waals surface area contributed by atoms with Crippen molar-refractivity contribution in [3.05, 3.63) is 35.4 Å². The lowest BCUT2D eigenvalue weighted by Crippen LogP contribution is -2.39. The first kappa shape index (κ1) is 13.1. The molecule has 1 saturated heterocycles. The van der Waals surface area contributed by atoms with Crippen molar-refractivity contribution in [3.63, 3.8) is 0 Å². The third-order valence-electron chi connectivity index (χ3n) is 3.57. The zero-order chi connectivity index (χ0) is 13.0. The Morgan fingerprint density at radius 3 is 2.83 bits per heavy atom. The molecule has 1 N–H and O–H groups in total. The second-order valence-corrected chi connectivity index (χ2v) is 5.15. The predicted molar refractivity (Wildman–Crippen MR) is 73.3 cm³/mol. The van der Waals surface area contributed by atoms with E-state index in [1.54, 1.807) is 0 Å². The van der Waals surface area contributed by atoms with Gasteiger partial charge in [-0.15, -0.1) is 0 Å². The van der Waals surface area contributed by atoms with Gasteiger partial charge in [0.25, 0.3) is 0 Å². The summed E-state index contributed by atoms with van der Waals surface area (Å²) in [5.74, 6) is 0.305. The Morgan fingerprint density at radius 2 is 2.17 bits per heavy atom. The molecule has 3 heteroatoms. The van der Waals surface area contributed by atoms with Gasteiger partial charge < -0.3 is 10.2 Å². The maximum absolute atomic E-state index is 11.5. The van der Waals surface area contributed by atoms with Crippen LogP contribution in [0.5, 0.6) is 0 Å². The van der Waals surface area contributed by atoms with E-state index in [0.29, 0.717) is 11.9 Å². The van der Waals surface area contributed by atoms with Crippen LogP contribution in [-0.2, 0) is 11.3 Å². The van der Waals surface area contributed by atoms with E-state index >= 15 is 0 Å². The SMILES string of the molecule is Cc1ccccc1CNC(C)CN1CCCC1=O. The van der Waals surface area contributed by atoms with Gasteiger partial charge in [0, 0.05) is 32.1 Å². The minimum atomic E-state index is 0.305. The summed E-state index contributed by atoms with van der Waals surface area (Å²) < 4.78 is 0. The summed E-state index contributed by atoms with van der Waals surface area (Å²) in [6.45, 7) is 6.89. The molecular formula is C15H22N2O. The van der Waals surface area contributed by atoms with Gasteiger partial charge in [-0.05, 0) is 31.4 Å². The summed E-state index contributed by atoms with van der Waals surface area (Å²) in [7, 11) is 0. The highest BCUT2D eigenvalue weighted by Crippen LogP contribution is 2.10. The smallest absolute Gasteiger partial charge is 0.222 e. The Kier molecular flexibility index (Phi) is 4.37. The van der Waals surface area contributed by atoms with Crippen molar-refractivity contribution in [3.8, 4) is 0 Å². The second kappa shape index (κ2) is 6.01. The Balaban J connectivity index is 1.80. The number of amides is 1. The molecule has 1 aromatic rings. The predicted octanol–water partition coefficient (Wildman–Crippen LogP) is 2.10. The molecular weight excluding hydrogens is 224 g/mol. The van der Waals surface area contributed by atoms with Crippen LogP contribution in [0.2, 0.25) is 0 Å². The van der Waals surface area contributed by atoms with E-state index in [1.165, 1.54) is 11.1 Å². The van der Waals surface area contributed by atoms with Gasteiger partial charge in [-0.3, -0.25) is 4.79 Å². The Labute approximate surface area is 109 Å². The molecule has 1 amide bonds. The quantitative estimate of drug-likeness (QED) is 0.863. The van der Waals surface area contributed by atoms with E-state index in [4.69, 9.17) is 0 Å². The first-order valence-electron chi connectivity index (χ1n) is 6.72. The van der Waals surface area contributed by atoms with Crippen molar-refractivity contribution in [2.45, 2.75) is 39.3 Å². The number of carbonyl (C=O) groups excluding carboxylic acids is 1. The molecule has 0 saturated carbocycles. The van der Waals surface area contributed by atoms with Crippen LogP contribution in [0, 0.1) is 6.92 Å². The molecule has 3 nitrogen and oxygen atoms in total. The minimum Gasteiger partial charge on any atom is -0.341 e. The molecule has 0 bridgehead atoms. The average Bonchev–Trinajstić information content (AvgIpc) is 2.74. The molecule has 0 radical (unpaired) electrons. The van der Waals surface area contributed by atoms with E-state index in [-0.39, 0.29) is 0 Å². The summed E-state index contributed by atoms with van der Waals surface area (Å²) in [6, 6.07) is 8.75. The molecule has 2 rings (SSSR count). The highest BCUT2D eigenvalue weighted by Gasteiger charge is 2.21. The third kappa shape index (κ3) is 3.33. The summed E-state index contributed by atoms with van der Waals surface area (Å²) in [5, 5.41) is 3.49. The van der Waals surface area contributed by atoms with Gasteiger partial charge in [0.15, 0.2) is 0 Å². The molecule has 1 aromatic carbocycles. The first-order chi connectivity index (χ1) is 8.66. The number of nitrogens with one attached hydrogen (secondary N) is 1. The molecule has 0 aliphatic carbocycles. The number of rotatable bonds is 5. The lowest BCUT2D eigenvalue weighted by molar-refractivity contribution is -0.127. The molecule has 1 aliphatic rings. The Morgan fingerprint density at radius 1 is 1.39 bits per heavy atom. The van der Waals surface area contributed by atoms with Crippen LogP contribution >= 0.6 is 0 Å². The number of likely N-dealkylation sites (tertiary alicyclic amines) is 1. The molecule has 1 fully saturated rings. The monoisotopic (exact) mass is 246 g/mol. The van der Waals surface area contributed by atoms with Crippen LogP contribution in [0.4, 0.5) is 0 Å². The Hall–Kier alpha value is -1.35. The van der Waals surface area contributed by atoms with Crippen LogP contribution in [0.1, 0.15) is 30.9 Å². The summed E-state index contributed by atoms with van der Waals surface area (Å²) in [5.41, 5.74) is 2.64. The van der Waals surface area contributed by atoms with Crippen molar-refractivity contribution in [1.29, 1.82) is 0 Å². The van der Waals surface area contributed by atoms with Crippen molar-refractivity contribution in [2.24, 2.45) is 0 Å². The summed E-state index contributed by atoms with van der Waals surface area (Å²) >= 11 is 0. The molecule has 1 unspecified atom stereocenters. The van der Waals surface area contributed by atoms with E-state index < -0.39 is 0 Å². The fraction of sp³-hybridized carbons (Fsp3) is 0.533. The van der Waals surface area contributed by atoms with Crippen molar-refractivity contribution >= 4 is 5.91 Å². The zero-order valence-electron chi connectivity index (χ0n) is 11.3. The van der Waals surface area contributed by atoms with Crippen LogP contribution in [0.25, 0.3) is 0 Å². The standard InChI is InChI=1S/C15H22N2O/c1-12-6-3-4-7-14(12)10-16-13(2)11-17-9-5-8-15(17)18/h3-4,6-7,13,16H,5,8-11H2,1-2H3. The first-order valence-corrected chi connectivity index (χ1v) is 6.72. The van der Waals surface area contributed by atoms with E-state index in [0.717, 1.165) is 32.5 Å². The third-order valence-corrected chi connectivity index (χ3v) is 3.57. The van der Waals surface area contributed by atoms with Crippen LogP contribution in [0.15, 0.2) is 24.3 Å². The fourth-order valence-electron chi connectivity index (χ4n) is 2.38. The Bertz CT molecular complexity index is 417. The molecule has 1 aliphatic heterocycles. The van der Waals surface area contributed by atoms with Gasteiger partial charge in [0.05, 0.1) is 0 Å². The lowest BCUT2D eigenvalue weighted by atomic mass is 10.1. The van der Waals surface area contributed by atoms with Gasteiger partial charge in [-0.1, -0.05) is 24.3 Å². The van der Waals surface area contributed by atoms with Crippen LogP contribution in [0.3, 0.4) is 0 Å². The van der Waals surface area contributed by atoms with Crippen LogP contribution < -0.4 is 5.32 Å². The largest absolute Gasteiger partial charge is 0.341 e. The fourth-order valence-corrected chi connectivity index (χ4v) is 2.38. The van der Waals surface area contributed by atoms with Gasteiger partial charge in [-0.2, -0.15) is 0 Å². The van der Waals surface area contributed by atoms with E-state index in [1.807, 2.05) is 4.90 Å². The van der Waals surface area contributed by atoms with Crippen molar-refractivity contribution < 1.29 is 4.79 Å². The molecule has 0 aromatic heterocycles. The number of aryl methyl sites for hydroxylation is 1. The van der Waals surface area contributed by atoms with Crippen molar-refractivity contribution in [1.82, 2.24) is 10.2 Å². The number of hydrogen-bond donors (Lipinski definition) is 1. The number of hydrogen-bond acceptors (Lipinski definition) is 2. The summed E-state index contributed by atoms with van der Waals surface area (Å²) in [4.78, 5) is 13.5. The molecule has 0 spiro atoms. The number of carbonyl (C=O) groups is 1. The number of nitrogens with zero attached hydrogens (tertiary/aromatic N) is 1. The molecule has 98 valence electrons. The highest BCUT2D eigenvalue weighted by molar-refractivity contribution is 5.78. The molecule has 1 heterocycles. The number of benzene rings is 1. The van der Waals surface area contributed by atoms with Gasteiger partial charge in [-0.25, -0.2) is 0 Å². The highest BCUT2D eigenvalue weighted by atomic mass is 16.2. The molecule has 1 atom stereocenters. The van der Waals surface area contributed by atoms with Gasteiger partial charge in [0.1, 0.15) is 0 Å². The lowest BCUT2D eigenvalue weighted by Gasteiger charge is -2.22. The second-order valence-electron chi connectivity index (χ2n) is 5.15. The van der Waals surface area contributed by atoms with Gasteiger partial charge in [0.2, 0.25) is 5.91 Å². The molecule has 18 heavy (non-hydrogen) atoms. The maximum Gasteiger partial charge on any atom is 0.222 e. The van der Waals surface area contributed by atoms with E-state index in [2.05, 4.69) is 43.4 Å². The minimum absolute atomic E-state index is 0.305. The average molecular weight is 246 g/mol. The zero-order valence-corrected chi connectivity index (χ0v) is 11.3. The van der Waals surface area contributed by atoms with Crippen molar-refractivity contribution in [2.75, 3.05) is 13.1 Å². The summed E-state index contributed by atoms with van der Waals surface area (Å²) in [6.07, 6.45) is 1.74.